The van der Waals surface area contributed by atoms with E-state index in [-0.39, 0.29) is 34.3 Å². The zero-order valence-electron chi connectivity index (χ0n) is 13.9. The van der Waals surface area contributed by atoms with E-state index in [2.05, 4.69) is 5.32 Å². The van der Waals surface area contributed by atoms with Crippen molar-refractivity contribution in [1.82, 2.24) is 4.31 Å². The maximum Gasteiger partial charge on any atom is 0.265 e. The Morgan fingerprint density at radius 2 is 2.00 bits per heavy atom. The first-order valence-electron chi connectivity index (χ1n) is 7.77. The van der Waals surface area contributed by atoms with E-state index >= 15 is 0 Å². The highest BCUT2D eigenvalue weighted by molar-refractivity contribution is 7.89. The first-order chi connectivity index (χ1) is 12.3. The lowest BCUT2D eigenvalue weighted by molar-refractivity contribution is 0.0730. The molecule has 2 N–H and O–H groups in total. The van der Waals surface area contributed by atoms with Crippen LogP contribution in [-0.2, 0) is 14.8 Å². The molecule has 1 aromatic carbocycles. The molecule has 10 heteroatoms. The Morgan fingerprint density at radius 1 is 1.31 bits per heavy atom. The molecule has 26 heavy (non-hydrogen) atoms. The van der Waals surface area contributed by atoms with Crippen LogP contribution in [0.4, 0.5) is 5.69 Å². The Kier molecular flexibility index (Phi) is 5.54. The fourth-order valence-electron chi connectivity index (χ4n) is 2.55. The fraction of sp³-hybridized carbons (Fsp3) is 0.312. The maximum atomic E-state index is 12.8. The van der Waals surface area contributed by atoms with Crippen LogP contribution in [0.1, 0.15) is 14.5 Å². The first-order valence-corrected chi connectivity index (χ1v) is 10.4. The summed E-state index contributed by atoms with van der Waals surface area (Å²) in [7, 11) is -3.68. The maximum absolute atomic E-state index is 12.8. The highest BCUT2D eigenvalue weighted by Gasteiger charge is 2.30. The number of sulfonamides is 1. The standard InChI is InChI=1S/C16H17ClN2O5S2/c1-10-15(26(22,23)19-4-6-24-7-5-19)9-14(25-10)16(21)18-12-8-11(17)2-3-13(12)20/h2-3,8-9,20H,4-7H2,1H3,(H,18,21). The summed E-state index contributed by atoms with van der Waals surface area (Å²) in [6, 6.07) is 5.64. The Hall–Kier alpha value is -1.65. The Bertz CT molecular complexity index is 936. The van der Waals surface area contributed by atoms with Crippen LogP contribution in [0.5, 0.6) is 5.75 Å². The molecule has 0 radical (unpaired) electrons. The van der Waals surface area contributed by atoms with Gasteiger partial charge in [0, 0.05) is 23.0 Å². The van der Waals surface area contributed by atoms with Gasteiger partial charge in [0.1, 0.15) is 5.75 Å². The van der Waals surface area contributed by atoms with Gasteiger partial charge in [-0.1, -0.05) is 11.6 Å². The fourth-order valence-corrected chi connectivity index (χ4v) is 5.59. The van der Waals surface area contributed by atoms with Gasteiger partial charge in [-0.05, 0) is 31.2 Å². The van der Waals surface area contributed by atoms with E-state index in [4.69, 9.17) is 16.3 Å². The quantitative estimate of drug-likeness (QED) is 0.747. The summed E-state index contributed by atoms with van der Waals surface area (Å²) in [6.45, 7) is 2.93. The summed E-state index contributed by atoms with van der Waals surface area (Å²) in [5, 5.41) is 12.7. The van der Waals surface area contributed by atoms with Crippen molar-refractivity contribution in [3.05, 3.63) is 39.0 Å². The second kappa shape index (κ2) is 7.53. The van der Waals surface area contributed by atoms with Gasteiger partial charge in [0.25, 0.3) is 5.91 Å². The zero-order chi connectivity index (χ0) is 18.9. The minimum atomic E-state index is -3.68. The number of benzene rings is 1. The molecular formula is C16H17ClN2O5S2. The van der Waals surface area contributed by atoms with Crippen LogP contribution < -0.4 is 5.32 Å². The van der Waals surface area contributed by atoms with Crippen molar-refractivity contribution in [2.75, 3.05) is 31.6 Å². The second-order valence-corrected chi connectivity index (χ2v) is 9.26. The summed E-state index contributed by atoms with van der Waals surface area (Å²) in [5.74, 6) is -0.642. The topological polar surface area (TPSA) is 95.9 Å². The molecule has 0 aliphatic carbocycles. The lowest BCUT2D eigenvalue weighted by atomic mass is 10.3. The highest BCUT2D eigenvalue weighted by atomic mass is 35.5. The third-order valence-electron chi connectivity index (χ3n) is 3.89. The van der Waals surface area contributed by atoms with Gasteiger partial charge in [0.15, 0.2) is 0 Å². The largest absolute Gasteiger partial charge is 0.506 e. The van der Waals surface area contributed by atoms with E-state index in [0.717, 1.165) is 11.3 Å². The number of amides is 1. The van der Waals surface area contributed by atoms with Gasteiger partial charge in [0.05, 0.1) is 28.7 Å². The third-order valence-corrected chi connectivity index (χ3v) is 7.33. The van der Waals surface area contributed by atoms with Gasteiger partial charge in [-0.25, -0.2) is 8.42 Å². The van der Waals surface area contributed by atoms with Crippen molar-refractivity contribution in [3.8, 4) is 5.75 Å². The molecule has 7 nitrogen and oxygen atoms in total. The summed E-state index contributed by atoms with van der Waals surface area (Å²) in [4.78, 5) is 13.3. The molecule has 2 aromatic rings. The number of ether oxygens (including phenoxy) is 1. The number of carbonyl (C=O) groups excluding carboxylic acids is 1. The Morgan fingerprint density at radius 3 is 2.69 bits per heavy atom. The van der Waals surface area contributed by atoms with E-state index in [1.807, 2.05) is 0 Å². The van der Waals surface area contributed by atoms with E-state index in [1.54, 1.807) is 6.92 Å². The molecule has 1 aromatic heterocycles. The normalized spacial score (nSPS) is 15.8. The predicted molar refractivity (Wildman–Crippen MR) is 99.7 cm³/mol. The van der Waals surface area contributed by atoms with E-state index in [1.165, 1.54) is 28.6 Å². The summed E-state index contributed by atoms with van der Waals surface area (Å²) >= 11 is 6.95. The van der Waals surface area contributed by atoms with Crippen LogP contribution in [0.3, 0.4) is 0 Å². The number of rotatable bonds is 4. The van der Waals surface area contributed by atoms with Crippen molar-refractivity contribution >= 4 is 44.6 Å². The number of aromatic hydroxyl groups is 1. The number of phenols is 1. The smallest absolute Gasteiger partial charge is 0.265 e. The van der Waals surface area contributed by atoms with Crippen molar-refractivity contribution in [2.45, 2.75) is 11.8 Å². The van der Waals surface area contributed by atoms with E-state index in [0.29, 0.717) is 23.1 Å². The summed E-state index contributed by atoms with van der Waals surface area (Å²) in [5.41, 5.74) is 0.158. The number of thiophene rings is 1. The predicted octanol–water partition coefficient (Wildman–Crippen LogP) is 2.69. The zero-order valence-corrected chi connectivity index (χ0v) is 16.2. The molecule has 0 spiro atoms. The van der Waals surface area contributed by atoms with Crippen LogP contribution >= 0.6 is 22.9 Å². The average molecular weight is 417 g/mol. The van der Waals surface area contributed by atoms with Crippen molar-refractivity contribution < 1.29 is 23.1 Å². The highest BCUT2D eigenvalue weighted by Crippen LogP contribution is 2.31. The van der Waals surface area contributed by atoms with Crippen LogP contribution in [-0.4, -0.2) is 50.0 Å². The molecule has 1 aliphatic heterocycles. The van der Waals surface area contributed by atoms with Crippen molar-refractivity contribution in [2.24, 2.45) is 0 Å². The monoisotopic (exact) mass is 416 g/mol. The number of morpholine rings is 1. The molecule has 1 aliphatic rings. The molecule has 1 amide bonds. The number of nitrogens with one attached hydrogen (secondary N) is 1. The van der Waals surface area contributed by atoms with E-state index in [9.17, 15) is 18.3 Å². The molecule has 0 unspecified atom stereocenters. The van der Waals surface area contributed by atoms with E-state index < -0.39 is 15.9 Å². The number of hydrogen-bond acceptors (Lipinski definition) is 6. The minimum Gasteiger partial charge on any atom is -0.506 e. The molecule has 0 bridgehead atoms. The lowest BCUT2D eigenvalue weighted by Gasteiger charge is -2.25. The average Bonchev–Trinajstić information content (AvgIpc) is 3.01. The SMILES string of the molecule is Cc1sc(C(=O)Nc2cc(Cl)ccc2O)cc1S(=O)(=O)N1CCOCC1. The molecule has 140 valence electrons. The second-order valence-electron chi connectivity index (χ2n) is 5.66. The van der Waals surface area contributed by atoms with Crippen LogP contribution in [0.2, 0.25) is 5.02 Å². The molecule has 2 heterocycles. The molecule has 3 rings (SSSR count). The number of phenolic OH excluding ortho intramolecular Hbond substituents is 1. The summed E-state index contributed by atoms with van der Waals surface area (Å²) < 4.78 is 32.1. The van der Waals surface area contributed by atoms with Crippen LogP contribution in [0.25, 0.3) is 0 Å². The Balaban J connectivity index is 1.85. The van der Waals surface area contributed by atoms with Crippen LogP contribution in [0, 0.1) is 6.92 Å². The number of halogens is 1. The first kappa shape index (κ1) is 19.1. The Labute approximate surface area is 160 Å². The van der Waals surface area contributed by atoms with Gasteiger partial charge in [-0.3, -0.25) is 4.79 Å². The molecule has 0 saturated carbocycles. The molecule has 1 saturated heterocycles. The van der Waals surface area contributed by atoms with Gasteiger partial charge in [-0.2, -0.15) is 4.31 Å². The van der Waals surface area contributed by atoms with Gasteiger partial charge in [-0.15, -0.1) is 11.3 Å². The number of aryl methyl sites for hydroxylation is 1. The van der Waals surface area contributed by atoms with Crippen molar-refractivity contribution in [3.63, 3.8) is 0 Å². The van der Waals surface area contributed by atoms with Gasteiger partial charge >= 0.3 is 0 Å². The number of anilines is 1. The van der Waals surface area contributed by atoms with Crippen LogP contribution in [0.15, 0.2) is 29.2 Å². The minimum absolute atomic E-state index is 0.116. The molecule has 0 atom stereocenters. The van der Waals surface area contributed by atoms with Gasteiger partial charge < -0.3 is 15.2 Å². The number of nitrogens with zero attached hydrogens (tertiary/aromatic N) is 1. The van der Waals surface area contributed by atoms with Gasteiger partial charge in [0.2, 0.25) is 10.0 Å². The summed E-state index contributed by atoms with van der Waals surface area (Å²) in [6.07, 6.45) is 0. The van der Waals surface area contributed by atoms with Crippen molar-refractivity contribution in [1.29, 1.82) is 0 Å². The molecular weight excluding hydrogens is 400 g/mol. The lowest BCUT2D eigenvalue weighted by Crippen LogP contribution is -2.40. The third kappa shape index (κ3) is 3.86. The molecule has 1 fully saturated rings. The number of carbonyl (C=O) groups is 1. The number of hydrogen-bond donors (Lipinski definition) is 2.